The number of likely N-dealkylation sites (N-methyl/N-ethyl adjacent to an activating group) is 2. The van der Waals surface area contributed by atoms with Crippen LogP contribution in [0.25, 0.3) is 0 Å². The molecule has 0 fully saturated rings. The molecule has 0 spiro atoms. The molecule has 4 heteroatoms. The van der Waals surface area contributed by atoms with Crippen molar-refractivity contribution in [3.63, 3.8) is 0 Å². The molecule has 20 heavy (non-hydrogen) atoms. The first-order chi connectivity index (χ1) is 9.43. The predicted molar refractivity (Wildman–Crippen MR) is 85.1 cm³/mol. The van der Waals surface area contributed by atoms with Crippen molar-refractivity contribution >= 4 is 11.6 Å². The molecule has 0 heterocycles. The van der Waals surface area contributed by atoms with Gasteiger partial charge in [0, 0.05) is 31.9 Å². The Morgan fingerprint density at radius 2 is 2.05 bits per heavy atom. The van der Waals surface area contributed by atoms with Crippen molar-refractivity contribution in [2.45, 2.75) is 40.3 Å². The van der Waals surface area contributed by atoms with Crippen LogP contribution in [0.15, 0.2) is 18.2 Å². The van der Waals surface area contributed by atoms with Crippen LogP contribution < -0.4 is 15.5 Å². The van der Waals surface area contributed by atoms with E-state index in [9.17, 15) is 4.79 Å². The smallest absolute Gasteiger partial charge is 0.239 e. The van der Waals surface area contributed by atoms with E-state index >= 15 is 0 Å². The zero-order chi connectivity index (χ0) is 15.1. The van der Waals surface area contributed by atoms with Gasteiger partial charge in [-0.3, -0.25) is 4.79 Å². The van der Waals surface area contributed by atoms with Crippen LogP contribution in [0.5, 0.6) is 0 Å². The maximum atomic E-state index is 11.6. The van der Waals surface area contributed by atoms with Gasteiger partial charge in [0.05, 0.1) is 6.54 Å². The number of aryl methyl sites for hydroxylation is 1. The van der Waals surface area contributed by atoms with E-state index in [1.54, 1.807) is 0 Å². The average Bonchev–Trinajstić information content (AvgIpc) is 2.37. The van der Waals surface area contributed by atoms with Gasteiger partial charge >= 0.3 is 0 Å². The number of carbonyl (C=O) groups is 1. The first kappa shape index (κ1) is 16.5. The number of hydrogen-bond donors (Lipinski definition) is 2. The minimum absolute atomic E-state index is 0.0539. The van der Waals surface area contributed by atoms with E-state index in [-0.39, 0.29) is 5.91 Å². The lowest BCUT2D eigenvalue weighted by Gasteiger charge is -2.20. The molecule has 1 amide bonds. The maximum absolute atomic E-state index is 11.6. The van der Waals surface area contributed by atoms with Crippen LogP contribution in [0.2, 0.25) is 0 Å². The highest BCUT2D eigenvalue weighted by Crippen LogP contribution is 2.18. The highest BCUT2D eigenvalue weighted by Gasteiger charge is 2.08. The van der Waals surface area contributed by atoms with Crippen LogP contribution >= 0.6 is 0 Å². The number of rotatable bonds is 7. The zero-order valence-electron chi connectivity index (χ0n) is 13.3. The van der Waals surface area contributed by atoms with Crippen LogP contribution in [0, 0.1) is 6.92 Å². The molecule has 0 atom stereocenters. The Hall–Kier alpha value is -1.55. The fraction of sp³-hybridized carbons (Fsp3) is 0.562. The monoisotopic (exact) mass is 277 g/mol. The lowest BCUT2D eigenvalue weighted by atomic mass is 10.1. The Morgan fingerprint density at radius 3 is 2.60 bits per heavy atom. The molecule has 112 valence electrons. The van der Waals surface area contributed by atoms with Gasteiger partial charge in [0.2, 0.25) is 5.91 Å². The van der Waals surface area contributed by atoms with Gasteiger partial charge in [-0.1, -0.05) is 19.9 Å². The molecule has 0 radical (unpaired) electrons. The molecule has 1 rings (SSSR count). The molecular weight excluding hydrogens is 250 g/mol. The molecule has 0 bridgehead atoms. The molecule has 0 aliphatic heterocycles. The summed E-state index contributed by atoms with van der Waals surface area (Å²) in [5, 5.41) is 6.24. The molecule has 0 aromatic heterocycles. The highest BCUT2D eigenvalue weighted by molar-refractivity contribution is 5.81. The van der Waals surface area contributed by atoms with E-state index in [1.807, 2.05) is 18.9 Å². The second kappa shape index (κ2) is 7.90. The van der Waals surface area contributed by atoms with E-state index in [0.717, 1.165) is 12.2 Å². The van der Waals surface area contributed by atoms with Crippen molar-refractivity contribution in [1.82, 2.24) is 10.6 Å². The van der Waals surface area contributed by atoms with Gasteiger partial charge in [0.1, 0.15) is 0 Å². The Kier molecular flexibility index (Phi) is 6.52. The lowest BCUT2D eigenvalue weighted by Crippen LogP contribution is -2.35. The number of amides is 1. The van der Waals surface area contributed by atoms with Gasteiger partial charge in [-0.2, -0.15) is 0 Å². The van der Waals surface area contributed by atoms with E-state index in [4.69, 9.17) is 0 Å². The number of anilines is 1. The third kappa shape index (κ3) is 5.21. The van der Waals surface area contributed by atoms with Gasteiger partial charge in [-0.25, -0.2) is 0 Å². The van der Waals surface area contributed by atoms with Crippen LogP contribution in [-0.4, -0.2) is 32.1 Å². The summed E-state index contributed by atoms with van der Waals surface area (Å²) in [5.74, 6) is 0.0539. The van der Waals surface area contributed by atoms with E-state index < -0.39 is 0 Å². The summed E-state index contributed by atoms with van der Waals surface area (Å²) in [6.45, 7) is 10.3. The standard InChI is InChI=1S/C16H27N3O/c1-6-17-16(20)11-19(5)15-8-7-14(13(4)9-15)10-18-12(2)3/h7-9,12,18H,6,10-11H2,1-5H3,(H,17,20). The third-order valence-electron chi connectivity index (χ3n) is 3.22. The Bertz CT molecular complexity index is 443. The minimum Gasteiger partial charge on any atom is -0.365 e. The van der Waals surface area contributed by atoms with Crippen molar-refractivity contribution < 1.29 is 4.79 Å². The summed E-state index contributed by atoms with van der Waals surface area (Å²) in [7, 11) is 1.94. The number of nitrogens with one attached hydrogen (secondary N) is 2. The Balaban J connectivity index is 2.68. The topological polar surface area (TPSA) is 44.4 Å². The van der Waals surface area contributed by atoms with E-state index in [0.29, 0.717) is 19.1 Å². The molecule has 0 saturated heterocycles. The third-order valence-corrected chi connectivity index (χ3v) is 3.22. The molecule has 0 aliphatic carbocycles. The summed E-state index contributed by atoms with van der Waals surface area (Å²) in [4.78, 5) is 13.6. The average molecular weight is 277 g/mol. The number of nitrogens with zero attached hydrogens (tertiary/aromatic N) is 1. The summed E-state index contributed by atoms with van der Waals surface area (Å²) >= 11 is 0. The number of benzene rings is 1. The summed E-state index contributed by atoms with van der Waals surface area (Å²) in [5.41, 5.74) is 3.62. The van der Waals surface area contributed by atoms with Gasteiger partial charge in [-0.05, 0) is 37.1 Å². The van der Waals surface area contributed by atoms with Crippen molar-refractivity contribution in [1.29, 1.82) is 0 Å². The quantitative estimate of drug-likeness (QED) is 0.802. The van der Waals surface area contributed by atoms with Gasteiger partial charge in [0.15, 0.2) is 0 Å². The van der Waals surface area contributed by atoms with Crippen LogP contribution in [-0.2, 0) is 11.3 Å². The fourth-order valence-corrected chi connectivity index (χ4v) is 1.99. The van der Waals surface area contributed by atoms with Gasteiger partial charge < -0.3 is 15.5 Å². The van der Waals surface area contributed by atoms with Crippen molar-refractivity contribution in [3.05, 3.63) is 29.3 Å². The Morgan fingerprint density at radius 1 is 1.35 bits per heavy atom. The zero-order valence-corrected chi connectivity index (χ0v) is 13.3. The second-order valence-electron chi connectivity index (χ2n) is 5.46. The van der Waals surface area contributed by atoms with Gasteiger partial charge in [-0.15, -0.1) is 0 Å². The van der Waals surface area contributed by atoms with Crippen LogP contribution in [0.3, 0.4) is 0 Å². The van der Waals surface area contributed by atoms with Crippen LogP contribution in [0.4, 0.5) is 5.69 Å². The molecular formula is C16H27N3O. The largest absolute Gasteiger partial charge is 0.365 e. The molecule has 0 aliphatic rings. The molecule has 1 aromatic carbocycles. The van der Waals surface area contributed by atoms with Crippen molar-refractivity contribution in [2.24, 2.45) is 0 Å². The predicted octanol–water partition coefficient (Wildman–Crippen LogP) is 2.07. The van der Waals surface area contributed by atoms with Crippen LogP contribution in [0.1, 0.15) is 31.9 Å². The highest BCUT2D eigenvalue weighted by atomic mass is 16.1. The number of carbonyl (C=O) groups excluding carboxylic acids is 1. The molecule has 2 N–H and O–H groups in total. The SMILES string of the molecule is CCNC(=O)CN(C)c1ccc(CNC(C)C)c(C)c1. The maximum Gasteiger partial charge on any atom is 0.239 e. The second-order valence-corrected chi connectivity index (χ2v) is 5.46. The van der Waals surface area contributed by atoms with E-state index in [2.05, 4.69) is 49.6 Å². The van der Waals surface area contributed by atoms with Crippen molar-refractivity contribution in [2.75, 3.05) is 25.0 Å². The van der Waals surface area contributed by atoms with Gasteiger partial charge in [0.25, 0.3) is 0 Å². The molecule has 0 saturated carbocycles. The summed E-state index contributed by atoms with van der Waals surface area (Å²) in [6, 6.07) is 6.82. The number of hydrogen-bond acceptors (Lipinski definition) is 3. The lowest BCUT2D eigenvalue weighted by molar-refractivity contribution is -0.119. The fourth-order valence-electron chi connectivity index (χ4n) is 1.99. The first-order valence-electron chi connectivity index (χ1n) is 7.24. The molecule has 0 unspecified atom stereocenters. The minimum atomic E-state index is 0.0539. The Labute approximate surface area is 122 Å². The normalized spacial score (nSPS) is 10.7. The van der Waals surface area contributed by atoms with E-state index in [1.165, 1.54) is 11.1 Å². The summed E-state index contributed by atoms with van der Waals surface area (Å²) < 4.78 is 0. The molecule has 4 nitrogen and oxygen atoms in total. The van der Waals surface area contributed by atoms with Crippen molar-refractivity contribution in [3.8, 4) is 0 Å². The molecule has 1 aromatic rings. The summed E-state index contributed by atoms with van der Waals surface area (Å²) in [6.07, 6.45) is 0. The first-order valence-corrected chi connectivity index (χ1v) is 7.24.